The Labute approximate surface area is 130 Å². The lowest BCUT2D eigenvalue weighted by Crippen LogP contribution is -2.05. The summed E-state index contributed by atoms with van der Waals surface area (Å²) in [4.78, 5) is 0. The molecule has 2 aromatic rings. The number of hydrogen-bond donors (Lipinski definition) is 0. The van der Waals surface area contributed by atoms with Gasteiger partial charge in [0.05, 0.1) is 0 Å². The summed E-state index contributed by atoms with van der Waals surface area (Å²) >= 11 is 3.70. The van der Waals surface area contributed by atoms with E-state index < -0.39 is 0 Å². The predicted molar refractivity (Wildman–Crippen MR) is 89.9 cm³/mol. The monoisotopic (exact) mass is 328 g/mol. The molecule has 0 radical (unpaired) electrons. The van der Waals surface area contributed by atoms with Gasteiger partial charge in [0.1, 0.15) is 0 Å². The molecule has 0 bridgehead atoms. The van der Waals surface area contributed by atoms with Gasteiger partial charge in [-0.25, -0.2) is 0 Å². The van der Waals surface area contributed by atoms with Gasteiger partial charge in [-0.3, -0.25) is 0 Å². The van der Waals surface area contributed by atoms with Crippen molar-refractivity contribution in [2.45, 2.75) is 38.5 Å². The molecule has 1 heteroatoms. The standard InChI is InChI=1S/C19H21Br/c1-14-4-2-6-17(10-14)19(13-20)12-15-8-9-16-5-3-7-18(16)11-15/h2,4,6,8-11,19H,3,5,7,12-13H2,1H3. The van der Waals surface area contributed by atoms with Crippen LogP contribution in [0.15, 0.2) is 42.5 Å². The predicted octanol–water partition coefficient (Wildman–Crippen LogP) is 5.20. The Balaban J connectivity index is 1.81. The number of rotatable bonds is 4. The van der Waals surface area contributed by atoms with Crippen molar-refractivity contribution in [3.05, 3.63) is 70.3 Å². The summed E-state index contributed by atoms with van der Waals surface area (Å²) in [7, 11) is 0. The summed E-state index contributed by atoms with van der Waals surface area (Å²) in [6.07, 6.45) is 5.00. The van der Waals surface area contributed by atoms with E-state index >= 15 is 0 Å². The van der Waals surface area contributed by atoms with Crippen LogP contribution in [-0.2, 0) is 19.3 Å². The number of fused-ring (bicyclic) bond motifs is 1. The van der Waals surface area contributed by atoms with E-state index in [1.54, 1.807) is 11.1 Å². The Kier molecular flexibility index (Phi) is 4.26. The number of halogens is 1. The molecule has 2 aromatic carbocycles. The van der Waals surface area contributed by atoms with Crippen molar-refractivity contribution in [1.82, 2.24) is 0 Å². The molecule has 1 aliphatic rings. The fraction of sp³-hybridized carbons (Fsp3) is 0.368. The first-order valence-electron chi connectivity index (χ1n) is 7.49. The topological polar surface area (TPSA) is 0 Å². The SMILES string of the molecule is Cc1cccc(C(CBr)Cc2ccc3c(c2)CCC3)c1. The van der Waals surface area contributed by atoms with E-state index in [9.17, 15) is 0 Å². The van der Waals surface area contributed by atoms with E-state index in [4.69, 9.17) is 0 Å². The molecule has 1 aliphatic carbocycles. The van der Waals surface area contributed by atoms with Crippen molar-refractivity contribution in [2.75, 3.05) is 5.33 Å². The highest BCUT2D eigenvalue weighted by molar-refractivity contribution is 9.09. The fourth-order valence-corrected chi connectivity index (χ4v) is 3.82. The molecule has 0 N–H and O–H groups in total. The number of hydrogen-bond acceptors (Lipinski definition) is 0. The van der Waals surface area contributed by atoms with E-state index in [1.165, 1.54) is 36.0 Å². The molecule has 3 rings (SSSR count). The van der Waals surface area contributed by atoms with Crippen molar-refractivity contribution in [3.63, 3.8) is 0 Å². The maximum Gasteiger partial charge on any atom is 0.0103 e. The van der Waals surface area contributed by atoms with Crippen LogP contribution in [0.5, 0.6) is 0 Å². The minimum Gasteiger partial charge on any atom is -0.0921 e. The molecule has 0 saturated carbocycles. The van der Waals surface area contributed by atoms with E-state index in [0.717, 1.165) is 11.8 Å². The smallest absolute Gasteiger partial charge is 0.0103 e. The number of aryl methyl sites for hydroxylation is 3. The largest absolute Gasteiger partial charge is 0.0921 e. The van der Waals surface area contributed by atoms with Crippen molar-refractivity contribution in [1.29, 1.82) is 0 Å². The first-order valence-corrected chi connectivity index (χ1v) is 8.61. The maximum atomic E-state index is 3.70. The normalized spacial score (nSPS) is 15.1. The molecule has 0 saturated heterocycles. The number of benzene rings is 2. The van der Waals surface area contributed by atoms with Gasteiger partial charge < -0.3 is 0 Å². The summed E-state index contributed by atoms with van der Waals surface area (Å²) < 4.78 is 0. The van der Waals surface area contributed by atoms with E-state index in [2.05, 4.69) is 65.3 Å². The van der Waals surface area contributed by atoms with E-state index in [0.29, 0.717) is 5.92 Å². The molecule has 20 heavy (non-hydrogen) atoms. The lowest BCUT2D eigenvalue weighted by Gasteiger charge is -2.16. The third-order valence-electron chi connectivity index (χ3n) is 4.34. The zero-order valence-corrected chi connectivity index (χ0v) is 13.6. The molecule has 0 aromatic heterocycles. The average molecular weight is 329 g/mol. The molecule has 1 atom stereocenters. The van der Waals surface area contributed by atoms with Crippen LogP contribution in [0.25, 0.3) is 0 Å². The summed E-state index contributed by atoms with van der Waals surface area (Å²) in [5, 5.41) is 1.02. The second-order valence-corrected chi connectivity index (χ2v) is 6.57. The van der Waals surface area contributed by atoms with Crippen LogP contribution < -0.4 is 0 Å². The molecule has 104 valence electrons. The van der Waals surface area contributed by atoms with Crippen LogP contribution in [0.1, 0.15) is 40.2 Å². The van der Waals surface area contributed by atoms with Gasteiger partial charge in [0.2, 0.25) is 0 Å². The van der Waals surface area contributed by atoms with Crippen LogP contribution >= 0.6 is 15.9 Å². The van der Waals surface area contributed by atoms with Gasteiger partial charge in [0.25, 0.3) is 0 Å². The van der Waals surface area contributed by atoms with Crippen LogP contribution in [0.2, 0.25) is 0 Å². The summed E-state index contributed by atoms with van der Waals surface area (Å²) in [6.45, 7) is 2.17. The first kappa shape index (κ1) is 13.9. The average Bonchev–Trinajstić information content (AvgIpc) is 2.92. The van der Waals surface area contributed by atoms with Crippen molar-refractivity contribution < 1.29 is 0 Å². The van der Waals surface area contributed by atoms with Crippen molar-refractivity contribution >= 4 is 15.9 Å². The molecule has 0 heterocycles. The Morgan fingerprint density at radius 2 is 1.90 bits per heavy atom. The highest BCUT2D eigenvalue weighted by Crippen LogP contribution is 2.27. The highest BCUT2D eigenvalue weighted by atomic mass is 79.9. The van der Waals surface area contributed by atoms with Crippen LogP contribution in [0, 0.1) is 6.92 Å². The molecule has 0 aliphatic heterocycles. The maximum absolute atomic E-state index is 3.70. The van der Waals surface area contributed by atoms with Gasteiger partial charge in [-0.05, 0) is 60.8 Å². The zero-order chi connectivity index (χ0) is 13.9. The summed E-state index contributed by atoms with van der Waals surface area (Å²) in [5.41, 5.74) is 7.43. The summed E-state index contributed by atoms with van der Waals surface area (Å²) in [6, 6.07) is 16.0. The highest BCUT2D eigenvalue weighted by Gasteiger charge is 2.14. The van der Waals surface area contributed by atoms with Crippen molar-refractivity contribution in [2.24, 2.45) is 0 Å². The molecule has 0 fully saturated rings. The second kappa shape index (κ2) is 6.13. The van der Waals surface area contributed by atoms with Crippen LogP contribution in [0.3, 0.4) is 0 Å². The molecule has 0 amide bonds. The van der Waals surface area contributed by atoms with Gasteiger partial charge in [-0.2, -0.15) is 0 Å². The summed E-state index contributed by atoms with van der Waals surface area (Å²) in [5.74, 6) is 0.564. The molecular weight excluding hydrogens is 308 g/mol. The minimum atomic E-state index is 0.564. The third kappa shape index (κ3) is 2.98. The molecule has 0 nitrogen and oxygen atoms in total. The zero-order valence-electron chi connectivity index (χ0n) is 12.0. The lowest BCUT2D eigenvalue weighted by molar-refractivity contribution is 0.773. The fourth-order valence-electron chi connectivity index (χ4n) is 3.22. The Morgan fingerprint density at radius 3 is 2.70 bits per heavy atom. The quantitative estimate of drug-likeness (QED) is 0.676. The van der Waals surface area contributed by atoms with E-state index in [-0.39, 0.29) is 0 Å². The van der Waals surface area contributed by atoms with Gasteiger partial charge in [0.15, 0.2) is 0 Å². The van der Waals surface area contributed by atoms with Gasteiger partial charge in [-0.15, -0.1) is 0 Å². The van der Waals surface area contributed by atoms with Crippen LogP contribution in [-0.4, -0.2) is 5.33 Å². The third-order valence-corrected chi connectivity index (χ3v) is 5.13. The Morgan fingerprint density at radius 1 is 1.05 bits per heavy atom. The van der Waals surface area contributed by atoms with Gasteiger partial charge in [0, 0.05) is 5.33 Å². The Bertz CT molecular complexity index is 600. The van der Waals surface area contributed by atoms with Gasteiger partial charge >= 0.3 is 0 Å². The lowest BCUT2D eigenvalue weighted by atomic mass is 9.91. The second-order valence-electron chi connectivity index (χ2n) is 5.93. The van der Waals surface area contributed by atoms with E-state index in [1.807, 2.05) is 0 Å². The first-order chi connectivity index (χ1) is 9.76. The molecule has 0 spiro atoms. The molecular formula is C19H21Br. The Hall–Kier alpha value is -1.08. The van der Waals surface area contributed by atoms with Crippen LogP contribution in [0.4, 0.5) is 0 Å². The minimum absolute atomic E-state index is 0.564. The molecule has 1 unspecified atom stereocenters. The number of alkyl halides is 1. The van der Waals surface area contributed by atoms with Gasteiger partial charge in [-0.1, -0.05) is 64.0 Å². The van der Waals surface area contributed by atoms with Crippen molar-refractivity contribution in [3.8, 4) is 0 Å².